The third-order valence-electron chi connectivity index (χ3n) is 2.82. The number of amides is 1. The van der Waals surface area contributed by atoms with Gasteiger partial charge in [0.2, 0.25) is 5.95 Å². The lowest BCUT2D eigenvalue weighted by Gasteiger charge is -2.09. The van der Waals surface area contributed by atoms with Crippen LogP contribution in [0.5, 0.6) is 0 Å². The Kier molecular flexibility index (Phi) is 5.32. The van der Waals surface area contributed by atoms with E-state index in [-0.39, 0.29) is 23.0 Å². The molecule has 0 saturated heterocycles. The number of hydrogen-bond acceptors (Lipinski definition) is 7. The van der Waals surface area contributed by atoms with Crippen LogP contribution < -0.4 is 5.56 Å². The first-order valence-corrected chi connectivity index (χ1v) is 6.88. The molecule has 2 rings (SSSR count). The van der Waals surface area contributed by atoms with Crippen LogP contribution in [0.3, 0.4) is 0 Å². The molecule has 0 fully saturated rings. The maximum atomic E-state index is 12.1. The Hall–Kier alpha value is -3.14. The number of carbonyl (C=O) groups is 1. The predicted molar refractivity (Wildman–Crippen MR) is 88.6 cm³/mol. The third-order valence-corrected chi connectivity index (χ3v) is 2.82. The molecule has 0 atom stereocenters. The molecule has 0 spiro atoms. The minimum Gasteiger partial charge on any atom is -0.369 e. The van der Waals surface area contributed by atoms with Crippen molar-refractivity contribution in [3.63, 3.8) is 0 Å². The zero-order valence-corrected chi connectivity index (χ0v) is 13.7. The van der Waals surface area contributed by atoms with Gasteiger partial charge in [0.1, 0.15) is 0 Å². The van der Waals surface area contributed by atoms with Gasteiger partial charge in [-0.3, -0.25) is 19.4 Å². The Balaban J connectivity index is 2.33. The normalized spacial score (nSPS) is 11.5. The predicted octanol–water partition coefficient (Wildman–Crippen LogP) is -0.0325. The van der Waals surface area contributed by atoms with Crippen LogP contribution in [-0.4, -0.2) is 70.4 Å². The van der Waals surface area contributed by atoms with Gasteiger partial charge in [-0.2, -0.15) is 4.98 Å². The van der Waals surface area contributed by atoms with E-state index in [0.29, 0.717) is 5.69 Å². The summed E-state index contributed by atoms with van der Waals surface area (Å²) in [6.07, 6.45) is 5.61. The monoisotopic (exact) mass is 331 g/mol. The van der Waals surface area contributed by atoms with Gasteiger partial charge in [-0.1, -0.05) is 0 Å². The number of likely N-dealkylation sites (N-methyl/N-ethyl adjacent to an activating group) is 1. The molecular formula is C14H17N7O3. The highest BCUT2D eigenvalue weighted by Crippen LogP contribution is 2.07. The fraction of sp³-hybridized carbons (Fsp3) is 0.286. The van der Waals surface area contributed by atoms with Crippen molar-refractivity contribution in [3.8, 4) is 0 Å². The lowest BCUT2D eigenvalue weighted by molar-refractivity contribution is -0.162. The van der Waals surface area contributed by atoms with Gasteiger partial charge in [0.15, 0.2) is 11.2 Å². The summed E-state index contributed by atoms with van der Waals surface area (Å²) in [7, 11) is 6.44. The number of aliphatic imine (C=N–C) groups is 1. The Bertz CT molecular complexity index is 857. The van der Waals surface area contributed by atoms with Crippen LogP contribution in [0.4, 0.5) is 5.95 Å². The number of rotatable bonds is 5. The van der Waals surface area contributed by atoms with Crippen molar-refractivity contribution in [1.82, 2.24) is 29.9 Å². The molecule has 1 amide bonds. The molecule has 126 valence electrons. The summed E-state index contributed by atoms with van der Waals surface area (Å²) in [4.78, 5) is 49.0. The lowest BCUT2D eigenvalue weighted by Crippen LogP contribution is -2.23. The second-order valence-corrected chi connectivity index (χ2v) is 4.92. The van der Waals surface area contributed by atoms with E-state index in [9.17, 15) is 9.59 Å². The minimum absolute atomic E-state index is 0.0634. The van der Waals surface area contributed by atoms with E-state index in [2.05, 4.69) is 24.9 Å². The molecule has 0 saturated carbocycles. The quantitative estimate of drug-likeness (QED) is 0.354. The standard InChI is InChI=1S/C14H17N7O3/c1-20(2)8-16-14-18-12-11(13(23)19-14)17-9(7-15-12)5-6-10(22)21(3)24-4/h5-8H,1-4H3,(H,15,18,19,23)/b6-5+,16-8+. The van der Waals surface area contributed by atoms with Crippen LogP contribution in [0.15, 0.2) is 22.1 Å². The summed E-state index contributed by atoms with van der Waals surface area (Å²) in [6, 6.07) is 0. The topological polar surface area (TPSA) is 117 Å². The number of nitrogens with one attached hydrogen (secondary N) is 1. The molecule has 0 unspecified atom stereocenters. The van der Waals surface area contributed by atoms with Crippen molar-refractivity contribution in [2.75, 3.05) is 28.3 Å². The van der Waals surface area contributed by atoms with Gasteiger partial charge in [-0.05, 0) is 6.08 Å². The van der Waals surface area contributed by atoms with E-state index in [1.165, 1.54) is 38.8 Å². The molecule has 10 heteroatoms. The molecular weight excluding hydrogens is 314 g/mol. The van der Waals surface area contributed by atoms with E-state index >= 15 is 0 Å². The van der Waals surface area contributed by atoms with E-state index in [1.54, 1.807) is 19.0 Å². The van der Waals surface area contributed by atoms with Crippen LogP contribution in [0.25, 0.3) is 17.2 Å². The molecule has 10 nitrogen and oxygen atoms in total. The first kappa shape index (κ1) is 17.2. The van der Waals surface area contributed by atoms with Crippen molar-refractivity contribution in [2.45, 2.75) is 0 Å². The van der Waals surface area contributed by atoms with Gasteiger partial charge in [0.05, 0.1) is 25.3 Å². The van der Waals surface area contributed by atoms with Crippen LogP contribution >= 0.6 is 0 Å². The van der Waals surface area contributed by atoms with Gasteiger partial charge in [0, 0.05) is 27.2 Å². The maximum absolute atomic E-state index is 12.1. The summed E-state index contributed by atoms with van der Waals surface area (Å²) in [5, 5.41) is 1.05. The van der Waals surface area contributed by atoms with E-state index in [0.717, 1.165) is 5.06 Å². The Morgan fingerprint density at radius 2 is 2.08 bits per heavy atom. The number of H-pyrrole nitrogens is 1. The molecule has 0 aliphatic rings. The zero-order valence-electron chi connectivity index (χ0n) is 13.7. The van der Waals surface area contributed by atoms with Gasteiger partial charge >= 0.3 is 0 Å². The molecule has 0 aliphatic carbocycles. The Labute approximate surface area is 137 Å². The Morgan fingerprint density at radius 3 is 2.75 bits per heavy atom. The van der Waals surface area contributed by atoms with E-state index in [1.807, 2.05) is 0 Å². The number of hydroxylamine groups is 2. The Morgan fingerprint density at radius 1 is 1.33 bits per heavy atom. The van der Waals surface area contributed by atoms with Gasteiger partial charge in [0.25, 0.3) is 11.5 Å². The average molecular weight is 331 g/mol. The fourth-order valence-corrected chi connectivity index (χ4v) is 1.58. The van der Waals surface area contributed by atoms with Crippen molar-refractivity contribution in [3.05, 3.63) is 28.3 Å². The highest BCUT2D eigenvalue weighted by Gasteiger charge is 2.07. The first-order valence-electron chi connectivity index (χ1n) is 6.88. The highest BCUT2D eigenvalue weighted by molar-refractivity contribution is 5.90. The molecule has 2 heterocycles. The van der Waals surface area contributed by atoms with Gasteiger partial charge in [-0.25, -0.2) is 20.0 Å². The summed E-state index contributed by atoms with van der Waals surface area (Å²) >= 11 is 0. The van der Waals surface area contributed by atoms with Crippen LogP contribution in [0.2, 0.25) is 0 Å². The van der Waals surface area contributed by atoms with Crippen LogP contribution in [0, 0.1) is 0 Å². The largest absolute Gasteiger partial charge is 0.369 e. The second-order valence-electron chi connectivity index (χ2n) is 4.92. The van der Waals surface area contributed by atoms with Crippen LogP contribution in [0.1, 0.15) is 5.69 Å². The summed E-state index contributed by atoms with van der Waals surface area (Å²) in [5.41, 5.74) is 0.113. The number of carbonyl (C=O) groups excluding carboxylic acids is 1. The number of fused-ring (bicyclic) bond motifs is 1. The molecule has 0 aliphatic heterocycles. The molecule has 0 radical (unpaired) electrons. The number of nitrogens with zero attached hydrogens (tertiary/aromatic N) is 6. The van der Waals surface area contributed by atoms with Crippen molar-refractivity contribution < 1.29 is 9.63 Å². The molecule has 1 N–H and O–H groups in total. The number of aromatic nitrogens is 4. The highest BCUT2D eigenvalue weighted by atomic mass is 16.7. The summed E-state index contributed by atoms with van der Waals surface area (Å²) < 4.78 is 0. The zero-order chi connectivity index (χ0) is 17.7. The molecule has 0 bridgehead atoms. The molecule has 24 heavy (non-hydrogen) atoms. The average Bonchev–Trinajstić information content (AvgIpc) is 2.57. The minimum atomic E-state index is -0.464. The van der Waals surface area contributed by atoms with Crippen LogP contribution in [-0.2, 0) is 9.63 Å². The first-order chi connectivity index (χ1) is 11.4. The summed E-state index contributed by atoms with van der Waals surface area (Å²) in [6.45, 7) is 0. The SMILES string of the molecule is CON(C)C(=O)/C=C/c1cnc2nc(/N=C/N(C)C)[nH]c(=O)c2n1. The van der Waals surface area contributed by atoms with E-state index < -0.39 is 5.56 Å². The summed E-state index contributed by atoms with van der Waals surface area (Å²) in [5.74, 6) is -0.240. The van der Waals surface area contributed by atoms with E-state index in [4.69, 9.17) is 4.84 Å². The number of hydrogen-bond donors (Lipinski definition) is 1. The lowest BCUT2D eigenvalue weighted by atomic mass is 10.3. The van der Waals surface area contributed by atoms with Gasteiger partial charge < -0.3 is 4.90 Å². The van der Waals surface area contributed by atoms with Gasteiger partial charge in [-0.15, -0.1) is 0 Å². The second kappa shape index (κ2) is 7.42. The molecule has 2 aromatic rings. The molecule has 0 aromatic carbocycles. The third kappa shape index (κ3) is 4.20. The molecule has 2 aromatic heterocycles. The fourth-order valence-electron chi connectivity index (χ4n) is 1.58. The number of aromatic amines is 1. The maximum Gasteiger partial charge on any atom is 0.280 e. The van der Waals surface area contributed by atoms with Crippen molar-refractivity contribution in [2.24, 2.45) is 4.99 Å². The van der Waals surface area contributed by atoms with Crippen molar-refractivity contribution in [1.29, 1.82) is 0 Å². The van der Waals surface area contributed by atoms with Crippen molar-refractivity contribution >= 4 is 35.4 Å². The smallest absolute Gasteiger partial charge is 0.280 e.